The van der Waals surface area contributed by atoms with Crippen LogP contribution in [-0.2, 0) is 6.54 Å². The Kier molecular flexibility index (Phi) is 3.56. The van der Waals surface area contributed by atoms with E-state index in [9.17, 15) is 13.6 Å². The third-order valence-corrected chi connectivity index (χ3v) is 3.07. The van der Waals surface area contributed by atoms with Gasteiger partial charge < -0.3 is 0 Å². The van der Waals surface area contributed by atoms with Crippen LogP contribution in [0.25, 0.3) is 0 Å². The van der Waals surface area contributed by atoms with Gasteiger partial charge in [0.15, 0.2) is 11.6 Å². The van der Waals surface area contributed by atoms with Crippen molar-refractivity contribution in [2.45, 2.75) is 13.5 Å². The molecule has 1 aromatic heterocycles. The molecule has 2 aromatic rings. The fourth-order valence-corrected chi connectivity index (χ4v) is 2.08. The van der Waals surface area contributed by atoms with Crippen molar-refractivity contribution in [1.29, 1.82) is 0 Å². The van der Waals surface area contributed by atoms with Gasteiger partial charge in [-0.05, 0) is 41.1 Å². The SMILES string of the molecule is CCn1ncc(Br)c1C(=O)c1ccc(F)c(F)c1. The van der Waals surface area contributed by atoms with Gasteiger partial charge in [0.1, 0.15) is 5.69 Å². The number of halogens is 3. The number of benzene rings is 1. The van der Waals surface area contributed by atoms with Gasteiger partial charge in [-0.1, -0.05) is 0 Å². The highest BCUT2D eigenvalue weighted by atomic mass is 79.9. The molecule has 6 heteroatoms. The number of rotatable bonds is 3. The largest absolute Gasteiger partial charge is 0.287 e. The lowest BCUT2D eigenvalue weighted by atomic mass is 10.1. The molecule has 1 aromatic carbocycles. The molecule has 0 aliphatic heterocycles. The number of hydrogen-bond acceptors (Lipinski definition) is 2. The number of aromatic nitrogens is 2. The molecule has 0 amide bonds. The van der Waals surface area contributed by atoms with Gasteiger partial charge in [0, 0.05) is 12.1 Å². The monoisotopic (exact) mass is 314 g/mol. The van der Waals surface area contributed by atoms with Gasteiger partial charge in [0.2, 0.25) is 5.78 Å². The fourth-order valence-electron chi connectivity index (χ4n) is 1.60. The lowest BCUT2D eigenvalue weighted by Gasteiger charge is -2.05. The number of carbonyl (C=O) groups excluding carboxylic acids is 1. The highest BCUT2D eigenvalue weighted by molar-refractivity contribution is 9.10. The summed E-state index contributed by atoms with van der Waals surface area (Å²) in [4.78, 5) is 12.2. The molecule has 0 aliphatic rings. The molecule has 1 heterocycles. The first-order valence-electron chi connectivity index (χ1n) is 5.25. The minimum absolute atomic E-state index is 0.0878. The van der Waals surface area contributed by atoms with Crippen LogP contribution in [0.2, 0.25) is 0 Å². The standard InChI is InChI=1S/C12H9BrF2N2O/c1-2-17-11(8(13)6-16-17)12(18)7-3-4-9(14)10(15)5-7/h3-6H,2H2,1H3. The van der Waals surface area contributed by atoms with E-state index in [0.717, 1.165) is 12.1 Å². The quantitative estimate of drug-likeness (QED) is 0.816. The number of aryl methyl sites for hydroxylation is 1. The van der Waals surface area contributed by atoms with Crippen LogP contribution >= 0.6 is 15.9 Å². The fraction of sp³-hybridized carbons (Fsp3) is 0.167. The van der Waals surface area contributed by atoms with Crippen molar-refractivity contribution in [3.05, 3.63) is 51.8 Å². The second-order valence-electron chi connectivity index (χ2n) is 3.61. The van der Waals surface area contributed by atoms with Crippen LogP contribution in [0.15, 0.2) is 28.9 Å². The first kappa shape index (κ1) is 12.9. The summed E-state index contributed by atoms with van der Waals surface area (Å²) in [6.07, 6.45) is 1.50. The van der Waals surface area contributed by atoms with Crippen LogP contribution in [0.3, 0.4) is 0 Å². The van der Waals surface area contributed by atoms with Gasteiger partial charge in [-0.25, -0.2) is 8.78 Å². The Labute approximate surface area is 111 Å². The Balaban J connectivity index is 2.47. The predicted octanol–water partition coefficient (Wildman–Crippen LogP) is 3.17. The number of carbonyl (C=O) groups is 1. The van der Waals surface area contributed by atoms with Crippen LogP contribution in [-0.4, -0.2) is 15.6 Å². The molecule has 94 valence electrons. The van der Waals surface area contributed by atoms with Crippen LogP contribution in [0, 0.1) is 11.6 Å². The number of nitrogens with zero attached hydrogens (tertiary/aromatic N) is 2. The summed E-state index contributed by atoms with van der Waals surface area (Å²) < 4.78 is 27.9. The highest BCUT2D eigenvalue weighted by Crippen LogP contribution is 2.20. The topological polar surface area (TPSA) is 34.9 Å². The van der Waals surface area contributed by atoms with Gasteiger partial charge in [-0.3, -0.25) is 9.48 Å². The van der Waals surface area contributed by atoms with Crippen LogP contribution in [0.5, 0.6) is 0 Å². The maximum atomic E-state index is 13.1. The Morgan fingerprint density at radius 1 is 1.39 bits per heavy atom. The molecule has 2 rings (SSSR count). The zero-order chi connectivity index (χ0) is 13.3. The van der Waals surface area contributed by atoms with Crippen molar-refractivity contribution in [1.82, 2.24) is 9.78 Å². The van der Waals surface area contributed by atoms with Crippen molar-refractivity contribution in [2.24, 2.45) is 0 Å². The molecular formula is C12H9BrF2N2O. The van der Waals surface area contributed by atoms with Crippen LogP contribution < -0.4 is 0 Å². The molecule has 18 heavy (non-hydrogen) atoms. The lowest BCUT2D eigenvalue weighted by Crippen LogP contribution is -2.11. The number of hydrogen-bond donors (Lipinski definition) is 0. The van der Waals surface area contributed by atoms with Crippen molar-refractivity contribution < 1.29 is 13.6 Å². The maximum Gasteiger partial charge on any atom is 0.212 e. The second kappa shape index (κ2) is 4.97. The van der Waals surface area contributed by atoms with Crippen molar-refractivity contribution in [2.75, 3.05) is 0 Å². The van der Waals surface area contributed by atoms with Crippen molar-refractivity contribution in [3.8, 4) is 0 Å². The molecule has 0 saturated heterocycles. The van der Waals surface area contributed by atoms with Gasteiger partial charge in [0.25, 0.3) is 0 Å². The highest BCUT2D eigenvalue weighted by Gasteiger charge is 2.19. The van der Waals surface area contributed by atoms with Crippen LogP contribution in [0.1, 0.15) is 23.0 Å². The minimum Gasteiger partial charge on any atom is -0.287 e. The summed E-state index contributed by atoms with van der Waals surface area (Å²) in [7, 11) is 0. The third kappa shape index (κ3) is 2.20. The molecular weight excluding hydrogens is 306 g/mol. The average Bonchev–Trinajstić information content (AvgIpc) is 2.73. The molecule has 0 aliphatic carbocycles. The summed E-state index contributed by atoms with van der Waals surface area (Å²) in [5.41, 5.74) is 0.410. The van der Waals surface area contributed by atoms with E-state index in [1.807, 2.05) is 6.92 Å². The van der Waals surface area contributed by atoms with E-state index >= 15 is 0 Å². The van der Waals surface area contributed by atoms with E-state index in [1.165, 1.54) is 16.9 Å². The third-order valence-electron chi connectivity index (χ3n) is 2.49. The molecule has 0 saturated carbocycles. The van der Waals surface area contributed by atoms with E-state index < -0.39 is 17.4 Å². The zero-order valence-corrected chi connectivity index (χ0v) is 11.0. The summed E-state index contributed by atoms with van der Waals surface area (Å²) in [5, 5.41) is 4.00. The average molecular weight is 315 g/mol. The van der Waals surface area contributed by atoms with E-state index in [0.29, 0.717) is 16.7 Å². The van der Waals surface area contributed by atoms with Gasteiger partial charge in [-0.15, -0.1) is 0 Å². The van der Waals surface area contributed by atoms with Gasteiger partial charge in [0.05, 0.1) is 10.7 Å². The van der Waals surface area contributed by atoms with Crippen molar-refractivity contribution in [3.63, 3.8) is 0 Å². The summed E-state index contributed by atoms with van der Waals surface area (Å²) in [6, 6.07) is 3.07. The summed E-state index contributed by atoms with van der Waals surface area (Å²) >= 11 is 3.22. The molecule has 3 nitrogen and oxygen atoms in total. The molecule has 0 radical (unpaired) electrons. The van der Waals surface area contributed by atoms with E-state index in [2.05, 4.69) is 21.0 Å². The maximum absolute atomic E-state index is 13.1. The van der Waals surface area contributed by atoms with E-state index in [4.69, 9.17) is 0 Å². The zero-order valence-electron chi connectivity index (χ0n) is 9.45. The Morgan fingerprint density at radius 2 is 2.11 bits per heavy atom. The van der Waals surface area contributed by atoms with Crippen LogP contribution in [0.4, 0.5) is 8.78 Å². The Morgan fingerprint density at radius 3 is 2.72 bits per heavy atom. The minimum atomic E-state index is -1.04. The lowest BCUT2D eigenvalue weighted by molar-refractivity contribution is 0.102. The first-order chi connectivity index (χ1) is 8.54. The molecule has 0 bridgehead atoms. The number of ketones is 1. The normalized spacial score (nSPS) is 10.7. The predicted molar refractivity (Wildman–Crippen MR) is 65.4 cm³/mol. The van der Waals surface area contributed by atoms with E-state index in [1.54, 1.807) is 0 Å². The van der Waals surface area contributed by atoms with Crippen molar-refractivity contribution >= 4 is 21.7 Å². The molecule has 0 N–H and O–H groups in total. The van der Waals surface area contributed by atoms with Gasteiger partial charge >= 0.3 is 0 Å². The summed E-state index contributed by atoms with van der Waals surface area (Å²) in [5.74, 6) is -2.42. The summed E-state index contributed by atoms with van der Waals surface area (Å²) in [6.45, 7) is 2.35. The molecule has 0 atom stereocenters. The van der Waals surface area contributed by atoms with Gasteiger partial charge in [-0.2, -0.15) is 5.10 Å². The molecule has 0 unspecified atom stereocenters. The smallest absolute Gasteiger partial charge is 0.212 e. The first-order valence-corrected chi connectivity index (χ1v) is 6.05. The Bertz CT molecular complexity index is 610. The van der Waals surface area contributed by atoms with E-state index in [-0.39, 0.29) is 5.56 Å². The Hall–Kier alpha value is -1.56. The molecule has 0 spiro atoms. The second-order valence-corrected chi connectivity index (χ2v) is 4.47. The molecule has 0 fully saturated rings.